The highest BCUT2D eigenvalue weighted by molar-refractivity contribution is 6.32. The molecule has 0 bridgehead atoms. The first-order chi connectivity index (χ1) is 12.5. The Balaban J connectivity index is 1.74. The van der Waals surface area contributed by atoms with Crippen LogP contribution in [0.3, 0.4) is 0 Å². The van der Waals surface area contributed by atoms with E-state index in [0.29, 0.717) is 22.1 Å². The first-order valence-electron chi connectivity index (χ1n) is 7.55. The van der Waals surface area contributed by atoms with Crippen molar-refractivity contribution in [1.29, 1.82) is 0 Å². The average Bonchev–Trinajstić information content (AvgIpc) is 2.64. The summed E-state index contributed by atoms with van der Waals surface area (Å²) in [5.74, 6) is -0.0342. The predicted molar refractivity (Wildman–Crippen MR) is 97.7 cm³/mol. The van der Waals surface area contributed by atoms with Crippen molar-refractivity contribution in [2.24, 2.45) is 0 Å². The van der Waals surface area contributed by atoms with E-state index in [2.05, 4.69) is 20.6 Å². The molecule has 0 fully saturated rings. The number of hydrogen-bond donors (Lipinski definition) is 2. The molecule has 0 saturated carbocycles. The molecule has 0 aliphatic rings. The molecule has 0 atom stereocenters. The molecule has 26 heavy (non-hydrogen) atoms. The fourth-order valence-corrected chi connectivity index (χ4v) is 2.40. The Morgan fingerprint density at radius 3 is 2.54 bits per heavy atom. The van der Waals surface area contributed by atoms with Crippen molar-refractivity contribution in [3.63, 3.8) is 0 Å². The highest BCUT2D eigenvalue weighted by Gasteiger charge is 2.10. The summed E-state index contributed by atoms with van der Waals surface area (Å²) in [7, 11) is 1.53. The number of halogens is 2. The van der Waals surface area contributed by atoms with Crippen molar-refractivity contribution in [1.82, 2.24) is 9.97 Å². The fourth-order valence-electron chi connectivity index (χ4n) is 2.15. The van der Waals surface area contributed by atoms with Gasteiger partial charge in [-0.15, -0.1) is 0 Å². The molecule has 3 aromatic rings. The molecule has 6 nitrogen and oxygen atoms in total. The highest BCUT2D eigenvalue weighted by Crippen LogP contribution is 2.28. The molecule has 132 valence electrons. The van der Waals surface area contributed by atoms with Crippen LogP contribution in [0.15, 0.2) is 54.7 Å². The third-order valence-corrected chi connectivity index (χ3v) is 3.69. The number of methoxy groups -OCH3 is 1. The molecule has 8 heteroatoms. The minimum absolute atomic E-state index is 0.159. The molecule has 0 saturated heterocycles. The smallest absolute Gasteiger partial charge is 0.274 e. The van der Waals surface area contributed by atoms with Crippen molar-refractivity contribution in [3.05, 3.63) is 71.3 Å². The summed E-state index contributed by atoms with van der Waals surface area (Å²) in [6.07, 6.45) is 1.46. The van der Waals surface area contributed by atoms with Gasteiger partial charge in [-0.25, -0.2) is 14.4 Å². The zero-order valence-electron chi connectivity index (χ0n) is 13.7. The number of carbonyl (C=O) groups is 1. The van der Waals surface area contributed by atoms with Crippen LogP contribution in [0.25, 0.3) is 0 Å². The van der Waals surface area contributed by atoms with Gasteiger partial charge in [-0.1, -0.05) is 11.6 Å². The van der Waals surface area contributed by atoms with Gasteiger partial charge in [-0.3, -0.25) is 4.79 Å². The lowest BCUT2D eigenvalue weighted by Crippen LogP contribution is -2.14. The van der Waals surface area contributed by atoms with Crippen molar-refractivity contribution in [3.8, 4) is 5.75 Å². The Hall–Kier alpha value is -3.19. The first-order valence-corrected chi connectivity index (χ1v) is 7.93. The molecule has 1 heterocycles. The second-order valence-corrected chi connectivity index (χ2v) is 5.61. The van der Waals surface area contributed by atoms with E-state index in [0.717, 1.165) is 0 Å². The standard InChI is InChI=1S/C18H14ClFN4O2/c1-26-16-7-6-13(10-14(16)19)23-18-21-9-8-15(24-18)17(25)22-12-4-2-11(20)3-5-12/h2-10H,1H3,(H,22,25)(H,21,23,24). The van der Waals surface area contributed by atoms with E-state index in [9.17, 15) is 9.18 Å². The molecule has 0 unspecified atom stereocenters. The molecule has 1 amide bonds. The third-order valence-electron chi connectivity index (χ3n) is 3.40. The molecular formula is C18H14ClFN4O2. The molecule has 1 aromatic heterocycles. The summed E-state index contributed by atoms with van der Waals surface area (Å²) in [6.45, 7) is 0. The third kappa shape index (κ3) is 4.25. The Bertz CT molecular complexity index is 935. The van der Waals surface area contributed by atoms with Crippen LogP contribution in [0.1, 0.15) is 10.5 Å². The number of aromatic nitrogens is 2. The minimum atomic E-state index is -0.435. The van der Waals surface area contributed by atoms with Gasteiger partial charge < -0.3 is 15.4 Å². The summed E-state index contributed by atoms with van der Waals surface area (Å²) in [4.78, 5) is 20.5. The van der Waals surface area contributed by atoms with E-state index in [-0.39, 0.29) is 17.5 Å². The van der Waals surface area contributed by atoms with Gasteiger partial charge >= 0.3 is 0 Å². The summed E-state index contributed by atoms with van der Waals surface area (Å²) >= 11 is 6.08. The van der Waals surface area contributed by atoms with Gasteiger partial charge in [0.2, 0.25) is 5.95 Å². The Morgan fingerprint density at radius 2 is 1.85 bits per heavy atom. The van der Waals surface area contributed by atoms with Gasteiger partial charge in [0.05, 0.1) is 12.1 Å². The maximum absolute atomic E-state index is 12.9. The number of amides is 1. The molecular weight excluding hydrogens is 359 g/mol. The van der Waals surface area contributed by atoms with Crippen molar-refractivity contribution >= 4 is 34.8 Å². The Morgan fingerprint density at radius 1 is 1.12 bits per heavy atom. The normalized spacial score (nSPS) is 10.3. The van der Waals surface area contributed by atoms with Crippen LogP contribution in [-0.2, 0) is 0 Å². The zero-order valence-corrected chi connectivity index (χ0v) is 14.4. The van der Waals surface area contributed by atoms with E-state index < -0.39 is 5.91 Å². The van der Waals surface area contributed by atoms with Gasteiger partial charge in [0, 0.05) is 17.6 Å². The SMILES string of the molecule is COc1ccc(Nc2nccc(C(=O)Nc3ccc(F)cc3)n2)cc1Cl. The van der Waals surface area contributed by atoms with Gasteiger partial charge in [0.1, 0.15) is 17.3 Å². The number of nitrogens with zero attached hydrogens (tertiary/aromatic N) is 2. The molecule has 0 radical (unpaired) electrons. The fraction of sp³-hybridized carbons (Fsp3) is 0.0556. The Labute approximate surface area is 154 Å². The van der Waals surface area contributed by atoms with Crippen LogP contribution < -0.4 is 15.4 Å². The van der Waals surface area contributed by atoms with Gasteiger partial charge in [-0.05, 0) is 48.5 Å². The summed E-state index contributed by atoms with van der Waals surface area (Å²) in [6, 6.07) is 12.0. The maximum Gasteiger partial charge on any atom is 0.274 e. The summed E-state index contributed by atoms with van der Waals surface area (Å²) in [5.41, 5.74) is 1.27. The molecule has 2 aromatic carbocycles. The number of rotatable bonds is 5. The zero-order chi connectivity index (χ0) is 18.5. The maximum atomic E-state index is 12.9. The lowest BCUT2D eigenvalue weighted by molar-refractivity contribution is 0.102. The number of carbonyl (C=O) groups excluding carboxylic acids is 1. The molecule has 3 rings (SSSR count). The van der Waals surface area contributed by atoms with Crippen LogP contribution in [0.2, 0.25) is 5.02 Å². The lowest BCUT2D eigenvalue weighted by atomic mass is 10.3. The first kappa shape index (κ1) is 17.6. The predicted octanol–water partition coefficient (Wildman–Crippen LogP) is 4.27. The van der Waals surface area contributed by atoms with E-state index in [1.54, 1.807) is 18.2 Å². The van der Waals surface area contributed by atoms with Crippen LogP contribution in [0.5, 0.6) is 5.75 Å². The summed E-state index contributed by atoms with van der Waals surface area (Å²) < 4.78 is 18.0. The second kappa shape index (κ2) is 7.79. The lowest BCUT2D eigenvalue weighted by Gasteiger charge is -2.09. The monoisotopic (exact) mass is 372 g/mol. The molecule has 0 spiro atoms. The number of hydrogen-bond acceptors (Lipinski definition) is 5. The van der Waals surface area contributed by atoms with Crippen LogP contribution in [0.4, 0.5) is 21.7 Å². The largest absolute Gasteiger partial charge is 0.495 e. The topological polar surface area (TPSA) is 76.1 Å². The molecule has 2 N–H and O–H groups in total. The number of anilines is 3. The average molecular weight is 373 g/mol. The molecule has 0 aliphatic carbocycles. The van der Waals surface area contributed by atoms with Gasteiger partial charge in [-0.2, -0.15) is 0 Å². The quantitative estimate of drug-likeness (QED) is 0.699. The van der Waals surface area contributed by atoms with E-state index in [1.807, 2.05) is 0 Å². The number of benzene rings is 2. The van der Waals surface area contributed by atoms with Crippen molar-refractivity contribution < 1.29 is 13.9 Å². The molecule has 0 aliphatic heterocycles. The summed E-state index contributed by atoms with van der Waals surface area (Å²) in [5, 5.41) is 6.04. The number of nitrogens with one attached hydrogen (secondary N) is 2. The van der Waals surface area contributed by atoms with E-state index in [1.165, 1.54) is 43.6 Å². The van der Waals surface area contributed by atoms with Crippen LogP contribution in [-0.4, -0.2) is 23.0 Å². The minimum Gasteiger partial charge on any atom is -0.495 e. The van der Waals surface area contributed by atoms with Crippen LogP contribution >= 0.6 is 11.6 Å². The van der Waals surface area contributed by atoms with Crippen LogP contribution in [0, 0.1) is 5.82 Å². The van der Waals surface area contributed by atoms with Crippen molar-refractivity contribution in [2.45, 2.75) is 0 Å². The second-order valence-electron chi connectivity index (χ2n) is 5.20. The van der Waals surface area contributed by atoms with Gasteiger partial charge in [0.25, 0.3) is 5.91 Å². The number of ether oxygens (including phenoxy) is 1. The van der Waals surface area contributed by atoms with E-state index >= 15 is 0 Å². The van der Waals surface area contributed by atoms with Gasteiger partial charge in [0.15, 0.2) is 0 Å². The van der Waals surface area contributed by atoms with Crippen molar-refractivity contribution in [2.75, 3.05) is 17.7 Å². The van der Waals surface area contributed by atoms with E-state index in [4.69, 9.17) is 16.3 Å². The highest BCUT2D eigenvalue weighted by atomic mass is 35.5. The Kier molecular flexibility index (Phi) is 5.28.